The number of nitrogens with zero attached hydrogens (tertiary/aromatic N) is 17. The van der Waals surface area contributed by atoms with Crippen molar-refractivity contribution in [3.63, 3.8) is 0 Å². The van der Waals surface area contributed by atoms with Crippen molar-refractivity contribution in [1.82, 2.24) is 83.9 Å². The average Bonchev–Trinajstić information content (AvgIpc) is 1.54. The average molecular weight is 1710 g/mol. The van der Waals surface area contributed by atoms with E-state index in [0.29, 0.717) is 153 Å². The van der Waals surface area contributed by atoms with E-state index < -0.39 is 11.7 Å². The van der Waals surface area contributed by atoms with Crippen LogP contribution in [0.15, 0.2) is 413 Å². The highest BCUT2D eigenvalue weighted by molar-refractivity contribution is 6.13. The van der Waals surface area contributed by atoms with Gasteiger partial charge in [0, 0.05) is 111 Å². The van der Waals surface area contributed by atoms with Crippen molar-refractivity contribution >= 4 is 43.6 Å². The molecule has 0 saturated heterocycles. The molecule has 20 heteroatoms. The molecule has 17 nitrogen and oxygen atoms in total. The van der Waals surface area contributed by atoms with Crippen LogP contribution in [-0.2, 0) is 6.18 Å². The molecule has 0 saturated carbocycles. The lowest BCUT2D eigenvalue weighted by molar-refractivity contribution is -0.136. The van der Waals surface area contributed by atoms with Gasteiger partial charge in [-0.15, -0.1) is 0 Å². The van der Waals surface area contributed by atoms with E-state index in [9.17, 15) is 0 Å². The van der Waals surface area contributed by atoms with Crippen molar-refractivity contribution < 1.29 is 13.2 Å². The van der Waals surface area contributed by atoms with Gasteiger partial charge in [-0.3, -0.25) is 0 Å². The highest BCUT2D eigenvalue weighted by Crippen LogP contribution is 2.49. The summed E-state index contributed by atoms with van der Waals surface area (Å²) in [6.45, 7) is 0. The maximum absolute atomic E-state index is 18.3. The highest BCUT2D eigenvalue weighted by Gasteiger charge is 2.39. The van der Waals surface area contributed by atoms with E-state index in [2.05, 4.69) is 16.7 Å². The van der Waals surface area contributed by atoms with Gasteiger partial charge in [0.25, 0.3) is 0 Å². The van der Waals surface area contributed by atoms with Crippen molar-refractivity contribution in [2.75, 3.05) is 0 Å². The second-order valence-corrected chi connectivity index (χ2v) is 31.7. The second kappa shape index (κ2) is 33.4. The smallest absolute Gasteiger partial charge is 0.309 e. The van der Waals surface area contributed by atoms with Crippen molar-refractivity contribution in [1.29, 1.82) is 0 Å². The molecule has 0 aliphatic carbocycles. The molecule has 7 aromatic heterocycles. The standard InChI is InChI=1S/C112H68F3N17/c113-112(114,115)96-84(52-31-53-95(96)132-93-62-56-81(109-125-101(73-40-19-5-20-41-73)118-102(126-109)74-42-21-6-22-43-74)66-89(93)90-67-82(57-63-94(90)132)110-127-103(75-44-23-7-24-45-75)119-104(128-110)76-46-25-8-26-47-76)86-68-83(58-59-85(86)111-129-105(77-48-27-9-28-49-77)120-106(130-111)78-50-29-10-30-51-78)131-91-60-54-79(107-121-97(69-32-11-1-12-33-69)116-98(122-107)70-34-13-2-14-35-70)64-87(91)88-65-80(55-61-92(88)131)108-123-99(71-36-15-3-16-37-71)117-100(124-108)72-38-17-4-18-39-72/h1-68H. The molecule has 0 fully saturated rings. The van der Waals surface area contributed by atoms with E-state index in [1.54, 1.807) is 10.6 Å². The minimum atomic E-state index is -5.10. The summed E-state index contributed by atoms with van der Waals surface area (Å²) in [6.07, 6.45) is -5.10. The molecule has 16 aromatic carbocycles. The molecule has 0 amide bonds. The van der Waals surface area contributed by atoms with Crippen LogP contribution in [0.4, 0.5) is 13.2 Å². The first-order valence-corrected chi connectivity index (χ1v) is 42.9. The van der Waals surface area contributed by atoms with Crippen LogP contribution in [0.2, 0.25) is 0 Å². The molecule has 0 aliphatic rings. The Bertz CT molecular complexity index is 7680. The van der Waals surface area contributed by atoms with Gasteiger partial charge in [0.1, 0.15) is 0 Å². The molecule has 23 aromatic rings. The molecule has 23 rings (SSSR count). The van der Waals surface area contributed by atoms with Crippen LogP contribution < -0.4 is 0 Å². The molecule has 622 valence electrons. The summed E-state index contributed by atoms with van der Waals surface area (Å²) >= 11 is 0. The van der Waals surface area contributed by atoms with E-state index in [1.165, 1.54) is 12.1 Å². The first kappa shape index (κ1) is 78.7. The summed E-state index contributed by atoms with van der Waals surface area (Å²) < 4.78 is 58.6. The summed E-state index contributed by atoms with van der Waals surface area (Å²) in [4.78, 5) is 77.4. The quantitative estimate of drug-likeness (QED) is 0.0784. The van der Waals surface area contributed by atoms with Crippen LogP contribution in [0.25, 0.3) is 237 Å². The van der Waals surface area contributed by atoms with Crippen LogP contribution in [-0.4, -0.2) is 83.9 Å². The number of halogens is 3. The Hall–Kier alpha value is -18.0. The first-order valence-electron chi connectivity index (χ1n) is 42.9. The Balaban J connectivity index is 0.779. The third-order valence-electron chi connectivity index (χ3n) is 23.4. The maximum Gasteiger partial charge on any atom is 0.419 e. The zero-order chi connectivity index (χ0) is 88.2. The maximum atomic E-state index is 18.3. The second-order valence-electron chi connectivity index (χ2n) is 31.7. The van der Waals surface area contributed by atoms with Crippen LogP contribution in [0.3, 0.4) is 0 Å². The predicted molar refractivity (Wildman–Crippen MR) is 514 cm³/mol. The lowest BCUT2D eigenvalue weighted by Gasteiger charge is -2.22. The molecule has 0 aliphatic heterocycles. The van der Waals surface area contributed by atoms with Gasteiger partial charge in [-0.1, -0.05) is 315 Å². The van der Waals surface area contributed by atoms with Gasteiger partial charge >= 0.3 is 6.18 Å². The molecule has 0 N–H and O–H groups in total. The SMILES string of the molecule is FC(F)(F)c1c(-c2cc(-n3c4ccc(-c5nc(-c6ccccc6)nc(-c6ccccc6)n5)cc4c4cc(-c5nc(-c6ccccc6)nc(-c6ccccc6)n5)ccc43)ccc2-c2nc(-c3ccccc3)nc(-c3ccccc3)n2)cccc1-n1c2ccc(-c3nc(-c4ccccc4)nc(-c4ccccc4)n3)cc2c2cc(-c3nc(-c4ccccc4)nc(-c4ccccc4)n3)ccc21. The molecule has 0 bridgehead atoms. The lowest BCUT2D eigenvalue weighted by Crippen LogP contribution is -2.13. The summed E-state index contributed by atoms with van der Waals surface area (Å²) in [5.74, 6) is 5.86. The number of rotatable bonds is 18. The molecular formula is C112H68F3N17. The number of benzene rings is 16. The molecule has 7 heterocycles. The van der Waals surface area contributed by atoms with Crippen molar-refractivity contribution in [3.8, 4) is 193 Å². The Kier molecular flexibility index (Phi) is 19.9. The predicted octanol–water partition coefficient (Wildman–Crippen LogP) is 26.5. The fourth-order valence-electron chi connectivity index (χ4n) is 17.2. The molecule has 132 heavy (non-hydrogen) atoms. The lowest BCUT2D eigenvalue weighted by atomic mass is 9.92. The number of aromatic nitrogens is 17. The normalized spacial score (nSPS) is 11.6. The number of alkyl halides is 3. The fourth-order valence-corrected chi connectivity index (χ4v) is 17.2. The van der Waals surface area contributed by atoms with E-state index >= 15 is 13.2 Å². The number of hydrogen-bond donors (Lipinski definition) is 0. The van der Waals surface area contributed by atoms with Crippen molar-refractivity contribution in [2.24, 2.45) is 0 Å². The van der Waals surface area contributed by atoms with Gasteiger partial charge in [-0.25, -0.2) is 74.8 Å². The number of fused-ring (bicyclic) bond motifs is 6. The molecule has 0 atom stereocenters. The van der Waals surface area contributed by atoms with Crippen molar-refractivity contribution in [3.05, 3.63) is 418 Å². The van der Waals surface area contributed by atoms with E-state index in [0.717, 1.165) is 55.3 Å². The zero-order valence-corrected chi connectivity index (χ0v) is 70.0. The van der Waals surface area contributed by atoms with Gasteiger partial charge in [-0.2, -0.15) is 13.2 Å². The molecule has 0 radical (unpaired) electrons. The first-order chi connectivity index (χ1) is 65.0. The van der Waals surface area contributed by atoms with Crippen molar-refractivity contribution in [2.45, 2.75) is 6.18 Å². The van der Waals surface area contributed by atoms with E-state index in [1.807, 2.05) is 382 Å². The summed E-state index contributed by atoms with van der Waals surface area (Å²) in [6, 6.07) is 131. The summed E-state index contributed by atoms with van der Waals surface area (Å²) in [7, 11) is 0. The number of hydrogen-bond acceptors (Lipinski definition) is 15. The van der Waals surface area contributed by atoms with Crippen LogP contribution in [0.5, 0.6) is 0 Å². The van der Waals surface area contributed by atoms with Gasteiger partial charge < -0.3 is 9.13 Å². The Morgan fingerprint density at radius 3 is 0.598 bits per heavy atom. The topological polar surface area (TPSA) is 203 Å². The van der Waals surface area contributed by atoms with Gasteiger partial charge in [0.05, 0.1) is 33.3 Å². The largest absolute Gasteiger partial charge is 0.419 e. The molecule has 0 unspecified atom stereocenters. The van der Waals surface area contributed by atoms with Gasteiger partial charge in [-0.05, 0) is 108 Å². The van der Waals surface area contributed by atoms with Crippen LogP contribution >= 0.6 is 0 Å². The van der Waals surface area contributed by atoms with Gasteiger partial charge in [0.2, 0.25) is 0 Å². The van der Waals surface area contributed by atoms with Crippen LogP contribution in [0.1, 0.15) is 5.56 Å². The van der Waals surface area contributed by atoms with E-state index in [4.69, 9.17) is 74.8 Å². The Labute approximate surface area is 753 Å². The van der Waals surface area contributed by atoms with Gasteiger partial charge in [0.15, 0.2) is 87.4 Å². The fraction of sp³-hybridized carbons (Fsp3) is 0.00893. The Morgan fingerprint density at radius 1 is 0.159 bits per heavy atom. The summed E-state index contributed by atoms with van der Waals surface area (Å²) in [5.41, 5.74) is 11.9. The zero-order valence-electron chi connectivity index (χ0n) is 70.0. The minimum Gasteiger partial charge on any atom is -0.309 e. The highest BCUT2D eigenvalue weighted by atomic mass is 19.4. The van der Waals surface area contributed by atoms with Crippen LogP contribution in [0, 0.1) is 0 Å². The Morgan fingerprint density at radius 2 is 0.371 bits per heavy atom. The third kappa shape index (κ3) is 15.0. The van der Waals surface area contributed by atoms with E-state index in [-0.39, 0.29) is 28.2 Å². The molecular weight excluding hydrogens is 1640 g/mol. The summed E-state index contributed by atoms with van der Waals surface area (Å²) in [5, 5.41) is 2.65. The monoisotopic (exact) mass is 1710 g/mol. The minimum absolute atomic E-state index is 0.119. The molecule has 0 spiro atoms. The third-order valence-corrected chi connectivity index (χ3v) is 23.4.